The maximum Gasteiger partial charge on any atom is 0.248 e. The molecule has 2 amide bonds. The summed E-state index contributed by atoms with van der Waals surface area (Å²) in [4.78, 5) is 55.1. The number of hydrogen-bond donors (Lipinski definition) is 1. The number of carbonyl (C=O) groups excluding carboxylic acids is 3. The van der Waals surface area contributed by atoms with Crippen molar-refractivity contribution in [1.82, 2.24) is 29.6 Å². The van der Waals surface area contributed by atoms with E-state index in [-0.39, 0.29) is 41.3 Å². The van der Waals surface area contributed by atoms with E-state index in [4.69, 9.17) is 4.74 Å². The lowest BCUT2D eigenvalue weighted by Crippen LogP contribution is -2.46. The summed E-state index contributed by atoms with van der Waals surface area (Å²) in [5.74, 6) is 0.994. The number of nitrogens with one attached hydrogen (secondary N) is 1. The van der Waals surface area contributed by atoms with Crippen LogP contribution in [0.4, 0.5) is 5.82 Å². The molecule has 3 aromatic heterocycles. The predicted molar refractivity (Wildman–Crippen MR) is 162 cm³/mol. The second kappa shape index (κ2) is 10.2. The average molecular weight is 645 g/mol. The zero-order valence-electron chi connectivity index (χ0n) is 24.1. The minimum atomic E-state index is -0.635. The van der Waals surface area contributed by atoms with Gasteiger partial charge in [0.15, 0.2) is 5.78 Å². The quantitative estimate of drug-likeness (QED) is 0.240. The van der Waals surface area contributed by atoms with Crippen LogP contribution < -0.4 is 10.1 Å². The van der Waals surface area contributed by atoms with Crippen molar-refractivity contribution >= 4 is 50.2 Å². The van der Waals surface area contributed by atoms with Crippen molar-refractivity contribution in [2.75, 3.05) is 11.9 Å². The number of pyridine rings is 1. The lowest BCUT2D eigenvalue weighted by atomic mass is 9.93. The Bertz CT molecular complexity index is 1820. The number of ether oxygens (including phenoxy) is 1. The molecular formula is C31H30BrN7O4. The molecule has 43 heavy (non-hydrogen) atoms. The number of aryl methyl sites for hydroxylation is 1. The Morgan fingerprint density at radius 2 is 1.98 bits per heavy atom. The van der Waals surface area contributed by atoms with Crippen LogP contribution in [0.15, 0.2) is 41.3 Å². The van der Waals surface area contributed by atoms with Gasteiger partial charge >= 0.3 is 0 Å². The van der Waals surface area contributed by atoms with Crippen molar-refractivity contribution < 1.29 is 19.1 Å². The van der Waals surface area contributed by atoms with Crippen molar-refractivity contribution in [1.29, 1.82) is 0 Å². The van der Waals surface area contributed by atoms with Crippen LogP contribution in [-0.4, -0.2) is 65.9 Å². The summed E-state index contributed by atoms with van der Waals surface area (Å²) in [5.41, 5.74) is 3.47. The van der Waals surface area contributed by atoms with Crippen molar-refractivity contribution in [2.45, 2.75) is 65.1 Å². The Kier molecular flexibility index (Phi) is 6.57. The largest absolute Gasteiger partial charge is 0.491 e. The Hall–Kier alpha value is -4.19. The fourth-order valence-corrected chi connectivity index (χ4v) is 6.94. The highest BCUT2D eigenvalue weighted by Crippen LogP contribution is 2.59. The standard InChI is InChI=1S/C31H30BrN7O4/c1-16(40)27-21-10-20(18-13-33-17(2)34-14-18)19-6-5-9-43-29(19)28(21)38(37-27)15-26(41)39-22(11-31(3)12-23(31)39)30(42)36-25-8-4-7-24(32)35-25/h4,7-8,10,13-14,22-23H,5-6,9,11-12,15H2,1-3H3,(H,35,36,42)/t22-,23+,31-/m0/s1. The van der Waals surface area contributed by atoms with Gasteiger partial charge in [-0.25, -0.2) is 15.0 Å². The molecule has 12 heteroatoms. The Morgan fingerprint density at radius 3 is 2.72 bits per heavy atom. The van der Waals surface area contributed by atoms with E-state index in [0.717, 1.165) is 36.0 Å². The van der Waals surface area contributed by atoms with Gasteiger partial charge in [-0.15, -0.1) is 0 Å². The molecule has 3 aliphatic rings. The van der Waals surface area contributed by atoms with Gasteiger partial charge in [-0.2, -0.15) is 5.10 Å². The molecule has 3 atom stereocenters. The minimum absolute atomic E-state index is 0.0290. The van der Waals surface area contributed by atoms with E-state index in [1.165, 1.54) is 6.92 Å². The highest BCUT2D eigenvalue weighted by atomic mass is 79.9. The number of benzene rings is 1. The van der Waals surface area contributed by atoms with E-state index >= 15 is 0 Å². The fourth-order valence-electron chi connectivity index (χ4n) is 6.60. The third-order valence-corrected chi connectivity index (χ3v) is 9.25. The third-order valence-electron chi connectivity index (χ3n) is 8.81. The smallest absolute Gasteiger partial charge is 0.248 e. The van der Waals surface area contributed by atoms with Gasteiger partial charge < -0.3 is 15.0 Å². The topological polar surface area (TPSA) is 132 Å². The second-order valence-corrected chi connectivity index (χ2v) is 12.7. The molecule has 2 aliphatic heterocycles. The third kappa shape index (κ3) is 4.77. The molecule has 1 aromatic carbocycles. The Balaban J connectivity index is 1.26. The normalized spacial score (nSPS) is 22.1. The van der Waals surface area contributed by atoms with Crippen LogP contribution in [-0.2, 0) is 22.6 Å². The lowest BCUT2D eigenvalue weighted by Gasteiger charge is -2.27. The van der Waals surface area contributed by atoms with Gasteiger partial charge in [-0.05, 0) is 77.7 Å². The maximum absolute atomic E-state index is 14.0. The first-order valence-electron chi connectivity index (χ1n) is 14.4. The van der Waals surface area contributed by atoms with E-state index in [0.29, 0.717) is 45.9 Å². The molecule has 1 N–H and O–H groups in total. The number of amides is 2. The number of carbonyl (C=O) groups is 3. The number of nitrogens with zero attached hydrogens (tertiary/aromatic N) is 6. The predicted octanol–water partition coefficient (Wildman–Crippen LogP) is 4.51. The first kappa shape index (κ1) is 27.6. The summed E-state index contributed by atoms with van der Waals surface area (Å²) in [6, 6.07) is 6.56. The lowest BCUT2D eigenvalue weighted by molar-refractivity contribution is -0.138. The van der Waals surface area contributed by atoms with Crippen LogP contribution in [0.2, 0.25) is 0 Å². The molecule has 0 radical (unpaired) electrons. The maximum atomic E-state index is 14.0. The molecule has 0 unspecified atom stereocenters. The summed E-state index contributed by atoms with van der Waals surface area (Å²) >= 11 is 3.33. The van der Waals surface area contributed by atoms with Gasteiger partial charge in [-0.3, -0.25) is 19.1 Å². The van der Waals surface area contributed by atoms with Crippen molar-refractivity contribution in [3.8, 4) is 16.9 Å². The molecule has 7 rings (SSSR count). The van der Waals surface area contributed by atoms with Gasteiger partial charge in [0, 0.05) is 41.9 Å². The number of anilines is 1. The molecule has 5 heterocycles. The summed E-state index contributed by atoms with van der Waals surface area (Å²) in [5, 5.41) is 8.14. The van der Waals surface area contributed by atoms with Crippen molar-refractivity contribution in [3.63, 3.8) is 0 Å². The summed E-state index contributed by atoms with van der Waals surface area (Å²) in [6.07, 6.45) is 6.56. The number of likely N-dealkylation sites (tertiary alicyclic amines) is 1. The summed E-state index contributed by atoms with van der Waals surface area (Å²) in [6.45, 7) is 5.80. The first-order valence-corrected chi connectivity index (χ1v) is 15.2. The van der Waals surface area contributed by atoms with Crippen LogP contribution >= 0.6 is 15.9 Å². The SMILES string of the molecule is CC(=O)c1nn(CC(=O)N2[C@H](C(=O)Nc3cccc(Br)n3)C[C@@]3(C)C[C@@H]23)c2c3c(c(-c4cnc(C)nc4)cc12)CCCO3. The number of ketones is 1. The van der Waals surface area contributed by atoms with Crippen LogP contribution in [0.3, 0.4) is 0 Å². The molecule has 0 bridgehead atoms. The fraction of sp³-hybridized carbons (Fsp3) is 0.387. The zero-order chi connectivity index (χ0) is 30.0. The Morgan fingerprint density at radius 1 is 1.19 bits per heavy atom. The molecule has 2 fully saturated rings. The van der Waals surface area contributed by atoms with E-state index in [1.54, 1.807) is 40.2 Å². The van der Waals surface area contributed by atoms with Gasteiger partial charge in [0.1, 0.15) is 45.8 Å². The average Bonchev–Trinajstić information content (AvgIpc) is 3.34. The van der Waals surface area contributed by atoms with Crippen molar-refractivity contribution in [2.24, 2.45) is 5.41 Å². The van der Waals surface area contributed by atoms with Gasteiger partial charge in [-0.1, -0.05) is 13.0 Å². The number of fused-ring (bicyclic) bond motifs is 4. The number of rotatable bonds is 6. The number of aromatic nitrogens is 5. The van der Waals surface area contributed by atoms with E-state index < -0.39 is 6.04 Å². The van der Waals surface area contributed by atoms with Gasteiger partial charge in [0.2, 0.25) is 11.8 Å². The van der Waals surface area contributed by atoms with E-state index in [2.05, 4.69) is 48.2 Å². The molecule has 220 valence electrons. The number of hydrogen-bond acceptors (Lipinski definition) is 8. The van der Waals surface area contributed by atoms with E-state index in [1.807, 2.05) is 13.0 Å². The minimum Gasteiger partial charge on any atom is -0.491 e. The zero-order valence-corrected chi connectivity index (χ0v) is 25.6. The Labute approximate surface area is 256 Å². The second-order valence-electron chi connectivity index (χ2n) is 11.9. The summed E-state index contributed by atoms with van der Waals surface area (Å²) in [7, 11) is 0. The number of Topliss-reactive ketones (excluding diaryl/α,β-unsaturated/α-hetero) is 1. The molecule has 11 nitrogen and oxygen atoms in total. The van der Waals surface area contributed by atoms with Gasteiger partial charge in [0.25, 0.3) is 0 Å². The van der Waals surface area contributed by atoms with Gasteiger partial charge in [0.05, 0.1) is 6.61 Å². The van der Waals surface area contributed by atoms with Crippen LogP contribution in [0.25, 0.3) is 22.0 Å². The van der Waals surface area contributed by atoms with Crippen LogP contribution in [0, 0.1) is 12.3 Å². The highest BCUT2D eigenvalue weighted by Gasteiger charge is 2.64. The van der Waals surface area contributed by atoms with Crippen LogP contribution in [0.5, 0.6) is 5.75 Å². The van der Waals surface area contributed by atoms with Crippen molar-refractivity contribution in [3.05, 3.63) is 58.3 Å². The first-order chi connectivity index (χ1) is 20.6. The number of halogens is 1. The molecular weight excluding hydrogens is 614 g/mol. The molecule has 0 spiro atoms. The molecule has 1 saturated heterocycles. The molecule has 1 saturated carbocycles. The summed E-state index contributed by atoms with van der Waals surface area (Å²) < 4.78 is 8.42. The molecule has 4 aromatic rings. The van der Waals surface area contributed by atoms with E-state index in [9.17, 15) is 14.4 Å². The number of piperidine rings is 1. The molecule has 1 aliphatic carbocycles. The highest BCUT2D eigenvalue weighted by molar-refractivity contribution is 9.10. The monoisotopic (exact) mass is 643 g/mol. The van der Waals surface area contributed by atoms with Crippen LogP contribution in [0.1, 0.15) is 55.0 Å².